The third kappa shape index (κ3) is 8.29. The number of Topliss-reactive ketones (excluding diaryl/α,β-unsaturated/α-hetero) is 1. The van der Waals surface area contributed by atoms with Crippen LogP contribution in [0, 0.1) is 16.7 Å². The highest BCUT2D eigenvalue weighted by Crippen LogP contribution is 2.64. The van der Waals surface area contributed by atoms with E-state index in [1.165, 1.54) is 39.8 Å². The molecule has 1 heterocycles. The van der Waals surface area contributed by atoms with Crippen LogP contribution in [0.4, 0.5) is 0 Å². The number of benzene rings is 3. The monoisotopic (exact) mass is 915 g/mol. The van der Waals surface area contributed by atoms with Gasteiger partial charge in [0.25, 0.3) is 5.91 Å². The average molecular weight is 916 g/mol. The Labute approximate surface area is 380 Å². The van der Waals surface area contributed by atoms with Gasteiger partial charge < -0.3 is 49.4 Å². The lowest BCUT2D eigenvalue weighted by atomic mass is 9.44. The largest absolute Gasteiger partial charge is 0.481 e. The second kappa shape index (κ2) is 18.2. The number of ketones is 1. The zero-order valence-electron chi connectivity index (χ0n) is 37.0. The van der Waals surface area contributed by atoms with Gasteiger partial charge in [0.15, 0.2) is 23.6 Å². The van der Waals surface area contributed by atoms with E-state index in [2.05, 4.69) is 5.32 Å². The molecular formula is C49H53NO16. The molecule has 17 nitrogen and oxygen atoms in total. The number of aliphatic carboxylic acids is 1. The summed E-state index contributed by atoms with van der Waals surface area (Å²) in [5.74, 6) is -8.84. The molecule has 1 amide bonds. The Morgan fingerprint density at radius 1 is 0.894 bits per heavy atom. The minimum absolute atomic E-state index is 0.0249. The first kappa shape index (κ1) is 47.7. The van der Waals surface area contributed by atoms with Crippen LogP contribution in [0.5, 0.6) is 0 Å². The van der Waals surface area contributed by atoms with Crippen LogP contribution in [-0.2, 0) is 47.7 Å². The van der Waals surface area contributed by atoms with E-state index in [1.807, 2.05) is 0 Å². The highest BCUT2D eigenvalue weighted by atomic mass is 16.8. The molecule has 0 aromatic heterocycles. The maximum absolute atomic E-state index is 15.7. The van der Waals surface area contributed by atoms with Gasteiger partial charge in [0.05, 0.1) is 48.5 Å². The fourth-order valence-corrected chi connectivity index (χ4v) is 10.4. The Hall–Kier alpha value is -6.27. The summed E-state index contributed by atoms with van der Waals surface area (Å²) in [6.45, 7) is 6.52. The Balaban J connectivity index is 1.40. The van der Waals surface area contributed by atoms with Crippen LogP contribution in [-0.4, -0.2) is 116 Å². The second-order valence-electron chi connectivity index (χ2n) is 18.1. The molecule has 0 unspecified atom stereocenters. The Bertz CT molecular complexity index is 2420. The van der Waals surface area contributed by atoms with Crippen molar-refractivity contribution in [1.82, 2.24) is 5.32 Å². The molecule has 0 spiro atoms. The van der Waals surface area contributed by atoms with Crippen molar-refractivity contribution in [3.05, 3.63) is 119 Å². The lowest BCUT2D eigenvalue weighted by Gasteiger charge is -2.67. The number of fused-ring (bicyclic) bond motifs is 5. The van der Waals surface area contributed by atoms with Gasteiger partial charge in [-0.1, -0.05) is 80.6 Å². The van der Waals surface area contributed by atoms with Crippen molar-refractivity contribution in [2.24, 2.45) is 16.7 Å². The Morgan fingerprint density at radius 3 is 2.05 bits per heavy atom. The quantitative estimate of drug-likeness (QED) is 0.0933. The predicted molar refractivity (Wildman–Crippen MR) is 229 cm³/mol. The minimum Gasteiger partial charge on any atom is -0.481 e. The van der Waals surface area contributed by atoms with Crippen LogP contribution < -0.4 is 5.32 Å². The molecule has 2 bridgehead atoms. The Kier molecular flexibility index (Phi) is 13.1. The molecule has 1 saturated heterocycles. The van der Waals surface area contributed by atoms with Crippen molar-refractivity contribution in [2.75, 3.05) is 6.61 Å². The summed E-state index contributed by atoms with van der Waals surface area (Å²) in [4.78, 5) is 96.2. The van der Waals surface area contributed by atoms with Crippen LogP contribution in [0.2, 0.25) is 0 Å². The molecule has 17 heteroatoms. The summed E-state index contributed by atoms with van der Waals surface area (Å²) in [5.41, 5.74) is -7.81. The van der Waals surface area contributed by atoms with Gasteiger partial charge in [0.2, 0.25) is 0 Å². The van der Waals surface area contributed by atoms with Crippen molar-refractivity contribution in [2.45, 2.75) is 114 Å². The first-order chi connectivity index (χ1) is 31.2. The number of esters is 4. The first-order valence-electron chi connectivity index (χ1n) is 21.6. The number of rotatable bonds is 13. The van der Waals surface area contributed by atoms with Gasteiger partial charge in [-0.15, -0.1) is 0 Å². The van der Waals surface area contributed by atoms with Crippen molar-refractivity contribution in [3.8, 4) is 0 Å². The van der Waals surface area contributed by atoms with E-state index in [0.717, 1.165) is 6.92 Å². The number of nitrogens with one attached hydrogen (secondary N) is 1. The molecule has 2 saturated carbocycles. The maximum atomic E-state index is 15.7. The van der Waals surface area contributed by atoms with Gasteiger partial charge in [-0.3, -0.25) is 24.0 Å². The summed E-state index contributed by atoms with van der Waals surface area (Å²) in [6.07, 6.45) is -12.6. The number of carbonyl (C=O) groups excluding carboxylic acids is 6. The Morgan fingerprint density at radius 2 is 1.48 bits per heavy atom. The highest BCUT2D eigenvalue weighted by molar-refractivity contribution is 5.96. The van der Waals surface area contributed by atoms with E-state index in [0.29, 0.717) is 5.56 Å². The summed E-state index contributed by atoms with van der Waals surface area (Å²) in [5, 5.41) is 49.9. The number of hydrogen-bond acceptors (Lipinski definition) is 15. The summed E-state index contributed by atoms with van der Waals surface area (Å²) in [7, 11) is 0. The van der Waals surface area contributed by atoms with Gasteiger partial charge >= 0.3 is 29.8 Å². The standard InChI is InChI=1S/C49H53NO16/c1-26-31(63-45(60)38(56)37(28-15-9-6-10-16-28)50-43(58)29-17-11-7-12-18-29)24-49(61)42(65-44(59)30-19-13-8-14-20-30)40-47(5,32(52)23-33-48(40,25-62-33)66-27(2)51)41(57)39(36(26)46(49,3)4)64-35(55)22-21-34(53)54/h6-20,31-33,37-40,42,52,56,61H,21-25H2,1-5H3,(H,50,58)(H,53,54)/t31-,32-,33+,37-,38+,39+,40-,42-,47+,48-,49+/m0/s1/i34+2,35+2. The molecule has 3 aromatic carbocycles. The lowest BCUT2D eigenvalue weighted by Crippen LogP contribution is -2.82. The molecule has 0 radical (unpaired) electrons. The number of hydrogen-bond donors (Lipinski definition) is 5. The molecule has 5 N–H and O–H groups in total. The van der Waals surface area contributed by atoms with Crippen LogP contribution in [0.15, 0.2) is 102 Å². The number of ether oxygens (including phenoxy) is 5. The van der Waals surface area contributed by atoms with Crippen molar-refractivity contribution < 1.29 is 77.7 Å². The molecule has 1 aliphatic heterocycles. The number of aliphatic hydroxyl groups excluding tert-OH is 2. The number of carboxylic acid groups (broad SMARTS) is 1. The fourth-order valence-electron chi connectivity index (χ4n) is 10.4. The number of aliphatic hydroxyl groups is 3. The molecule has 7 rings (SSSR count). The molecule has 350 valence electrons. The van der Waals surface area contributed by atoms with Crippen molar-refractivity contribution in [3.63, 3.8) is 0 Å². The van der Waals surface area contributed by atoms with E-state index in [1.54, 1.807) is 78.9 Å². The van der Waals surface area contributed by atoms with Gasteiger partial charge in [-0.05, 0) is 54.8 Å². The van der Waals surface area contributed by atoms with Crippen LogP contribution in [0.3, 0.4) is 0 Å². The van der Waals surface area contributed by atoms with Crippen LogP contribution >= 0.6 is 0 Å². The molecular weight excluding hydrogens is 863 g/mol. The topological polar surface area (TPSA) is 259 Å². The summed E-state index contributed by atoms with van der Waals surface area (Å²) in [6, 6.07) is 22.5. The molecule has 3 aromatic rings. The zero-order valence-corrected chi connectivity index (χ0v) is 37.0. The maximum Gasteiger partial charge on any atom is 0.338 e. The zero-order chi connectivity index (χ0) is 47.9. The third-order valence-corrected chi connectivity index (χ3v) is 14.0. The number of carbonyl (C=O) groups is 7. The van der Waals surface area contributed by atoms with E-state index in [-0.39, 0.29) is 35.3 Å². The van der Waals surface area contributed by atoms with E-state index in [4.69, 9.17) is 23.7 Å². The minimum atomic E-state index is -2.49. The summed E-state index contributed by atoms with van der Waals surface area (Å²) < 4.78 is 30.4. The molecule has 11 atom stereocenters. The van der Waals surface area contributed by atoms with E-state index >= 15 is 4.79 Å². The molecule has 66 heavy (non-hydrogen) atoms. The van der Waals surface area contributed by atoms with Crippen LogP contribution in [0.25, 0.3) is 0 Å². The normalized spacial score (nSPS) is 30.6. The predicted octanol–water partition coefficient (Wildman–Crippen LogP) is 3.58. The van der Waals surface area contributed by atoms with E-state index in [9.17, 15) is 49.2 Å². The highest BCUT2D eigenvalue weighted by Gasteiger charge is 2.78. The van der Waals surface area contributed by atoms with Gasteiger partial charge in [-0.25, -0.2) is 9.59 Å². The number of carboxylic acids is 1. The molecule has 3 aliphatic carbocycles. The van der Waals surface area contributed by atoms with Crippen molar-refractivity contribution in [1.29, 1.82) is 0 Å². The van der Waals surface area contributed by atoms with Gasteiger partial charge in [-0.2, -0.15) is 0 Å². The van der Waals surface area contributed by atoms with E-state index < -0.39 is 131 Å². The van der Waals surface area contributed by atoms with Gasteiger partial charge in [0.1, 0.15) is 23.9 Å². The molecule has 4 aliphatic rings. The second-order valence-corrected chi connectivity index (χ2v) is 18.1. The summed E-state index contributed by atoms with van der Waals surface area (Å²) >= 11 is 0. The van der Waals surface area contributed by atoms with Crippen LogP contribution in [0.1, 0.15) is 92.6 Å². The third-order valence-electron chi connectivity index (χ3n) is 14.0. The first-order valence-corrected chi connectivity index (χ1v) is 21.6. The fraction of sp³-hybridized carbons (Fsp3) is 0.449. The number of amides is 1. The van der Waals surface area contributed by atoms with Crippen molar-refractivity contribution >= 4 is 41.5 Å². The average Bonchev–Trinajstić information content (AvgIpc) is 3.28. The molecule has 3 fully saturated rings. The lowest BCUT2D eigenvalue weighted by molar-refractivity contribution is -0.346. The SMILES string of the molecule is CC(=O)O[C@@]12CO[C@@H]1C[C@H](O)[C@@]1(C)C(=O)[C@H](O[14C](=O)CC[14C](=O)O)C3=C(C)[C@@H](OC(=O)[C@H](O)[C@@H](NC(=O)c4ccccc4)c4ccccc4)C[C@@](O)([C@@H](OC(=O)c4ccccc4)[C@H]21)C3(C)C. The van der Waals surface area contributed by atoms with Gasteiger partial charge in [0, 0.05) is 30.7 Å². The smallest absolute Gasteiger partial charge is 0.338 e.